The molecule has 5 heteroatoms. The molecule has 0 aliphatic carbocycles. The lowest BCUT2D eigenvalue weighted by Gasteiger charge is -2.37. The Hall–Kier alpha value is -0.650. The van der Waals surface area contributed by atoms with Gasteiger partial charge in [-0.3, -0.25) is 9.69 Å². The molecule has 1 amide bonds. The van der Waals surface area contributed by atoms with Gasteiger partial charge in [0, 0.05) is 38.9 Å². The molecule has 0 aromatic heterocycles. The SMILES string of the molecule is NC1(C(=O)N2CCCN3CCCC3C2)CCOCC1. The minimum Gasteiger partial charge on any atom is -0.381 e. The van der Waals surface area contributed by atoms with E-state index < -0.39 is 5.54 Å². The van der Waals surface area contributed by atoms with Gasteiger partial charge in [0.15, 0.2) is 0 Å². The highest BCUT2D eigenvalue weighted by Crippen LogP contribution is 2.25. The molecule has 0 aromatic carbocycles. The number of carbonyl (C=O) groups is 1. The van der Waals surface area contributed by atoms with Crippen LogP contribution >= 0.6 is 0 Å². The van der Waals surface area contributed by atoms with Crippen LogP contribution in [0.15, 0.2) is 0 Å². The molecule has 0 saturated carbocycles. The molecule has 0 bridgehead atoms. The maximum absolute atomic E-state index is 12.7. The van der Waals surface area contributed by atoms with E-state index in [1.165, 1.54) is 19.4 Å². The highest BCUT2D eigenvalue weighted by molar-refractivity contribution is 5.86. The molecule has 2 N–H and O–H groups in total. The molecular formula is C14H25N3O2. The van der Waals surface area contributed by atoms with Crippen molar-refractivity contribution in [3.63, 3.8) is 0 Å². The summed E-state index contributed by atoms with van der Waals surface area (Å²) in [5, 5.41) is 0. The lowest BCUT2D eigenvalue weighted by molar-refractivity contribution is -0.140. The Morgan fingerprint density at radius 2 is 1.89 bits per heavy atom. The van der Waals surface area contributed by atoms with Gasteiger partial charge in [-0.25, -0.2) is 0 Å². The number of hydrogen-bond donors (Lipinski definition) is 1. The first kappa shape index (κ1) is 13.3. The molecular weight excluding hydrogens is 242 g/mol. The van der Waals surface area contributed by atoms with Gasteiger partial charge in [-0.15, -0.1) is 0 Å². The van der Waals surface area contributed by atoms with Gasteiger partial charge in [0.25, 0.3) is 0 Å². The van der Waals surface area contributed by atoms with E-state index in [9.17, 15) is 4.79 Å². The zero-order valence-corrected chi connectivity index (χ0v) is 11.6. The molecule has 3 aliphatic rings. The Morgan fingerprint density at radius 3 is 2.68 bits per heavy atom. The van der Waals surface area contributed by atoms with Crippen LogP contribution in [-0.2, 0) is 9.53 Å². The number of nitrogens with zero attached hydrogens (tertiary/aromatic N) is 2. The zero-order valence-electron chi connectivity index (χ0n) is 11.6. The van der Waals surface area contributed by atoms with Gasteiger partial charge >= 0.3 is 0 Å². The number of nitrogens with two attached hydrogens (primary N) is 1. The van der Waals surface area contributed by atoms with Crippen LogP contribution in [0, 0.1) is 0 Å². The van der Waals surface area contributed by atoms with Gasteiger partial charge in [0.05, 0.1) is 5.54 Å². The first-order valence-corrected chi connectivity index (χ1v) is 7.59. The molecule has 3 rings (SSSR count). The van der Waals surface area contributed by atoms with E-state index in [0.29, 0.717) is 32.1 Å². The normalized spacial score (nSPS) is 31.8. The maximum atomic E-state index is 12.7. The molecule has 3 fully saturated rings. The Balaban J connectivity index is 1.68. The standard InChI is InChI=1S/C14H25N3O2/c15-14(4-9-19-10-5-14)13(18)17-8-2-7-16-6-1-3-12(16)11-17/h12H,1-11,15H2. The summed E-state index contributed by atoms with van der Waals surface area (Å²) >= 11 is 0. The molecule has 3 heterocycles. The second-order valence-corrected chi connectivity index (χ2v) is 6.21. The monoisotopic (exact) mass is 267 g/mol. The van der Waals surface area contributed by atoms with Crippen molar-refractivity contribution in [2.45, 2.75) is 43.7 Å². The van der Waals surface area contributed by atoms with E-state index >= 15 is 0 Å². The van der Waals surface area contributed by atoms with Crippen molar-refractivity contribution in [2.75, 3.05) is 39.4 Å². The molecule has 3 saturated heterocycles. The fraction of sp³-hybridized carbons (Fsp3) is 0.929. The third-order valence-corrected chi connectivity index (χ3v) is 4.90. The van der Waals surface area contributed by atoms with Crippen molar-refractivity contribution >= 4 is 5.91 Å². The fourth-order valence-electron chi connectivity index (χ4n) is 3.66. The van der Waals surface area contributed by atoms with Crippen LogP contribution in [0.1, 0.15) is 32.1 Å². The van der Waals surface area contributed by atoms with Gasteiger partial charge in [0.1, 0.15) is 0 Å². The smallest absolute Gasteiger partial charge is 0.242 e. The highest BCUT2D eigenvalue weighted by atomic mass is 16.5. The number of ether oxygens (including phenoxy) is 1. The molecule has 108 valence electrons. The summed E-state index contributed by atoms with van der Waals surface area (Å²) in [7, 11) is 0. The third-order valence-electron chi connectivity index (χ3n) is 4.90. The van der Waals surface area contributed by atoms with E-state index in [1.807, 2.05) is 4.90 Å². The van der Waals surface area contributed by atoms with Crippen LogP contribution in [0.2, 0.25) is 0 Å². The summed E-state index contributed by atoms with van der Waals surface area (Å²) in [6, 6.07) is 0.565. The Morgan fingerprint density at radius 1 is 1.16 bits per heavy atom. The molecule has 5 nitrogen and oxygen atoms in total. The van der Waals surface area contributed by atoms with Gasteiger partial charge in [-0.05, 0) is 38.6 Å². The van der Waals surface area contributed by atoms with Crippen molar-refractivity contribution in [3.8, 4) is 0 Å². The fourth-order valence-corrected chi connectivity index (χ4v) is 3.66. The number of fused-ring (bicyclic) bond motifs is 1. The number of hydrogen-bond acceptors (Lipinski definition) is 4. The van der Waals surface area contributed by atoms with Crippen LogP contribution < -0.4 is 5.73 Å². The molecule has 1 atom stereocenters. The summed E-state index contributed by atoms with van der Waals surface area (Å²) in [5.41, 5.74) is 5.66. The van der Waals surface area contributed by atoms with Gasteiger partial charge in [-0.1, -0.05) is 0 Å². The van der Waals surface area contributed by atoms with Crippen LogP contribution in [0.4, 0.5) is 0 Å². The molecule has 0 spiro atoms. The number of carbonyl (C=O) groups excluding carboxylic acids is 1. The topological polar surface area (TPSA) is 58.8 Å². The van der Waals surface area contributed by atoms with E-state index in [2.05, 4.69) is 4.90 Å². The third kappa shape index (κ3) is 2.64. The lowest BCUT2D eigenvalue weighted by Crippen LogP contribution is -2.59. The second-order valence-electron chi connectivity index (χ2n) is 6.21. The quantitative estimate of drug-likeness (QED) is 0.737. The Bertz CT molecular complexity index is 342. The van der Waals surface area contributed by atoms with Crippen LogP contribution in [-0.4, -0.2) is 66.7 Å². The minimum atomic E-state index is -0.675. The largest absolute Gasteiger partial charge is 0.381 e. The first-order chi connectivity index (χ1) is 9.19. The molecule has 0 aromatic rings. The molecule has 0 radical (unpaired) electrons. The van der Waals surface area contributed by atoms with Crippen molar-refractivity contribution in [1.29, 1.82) is 0 Å². The first-order valence-electron chi connectivity index (χ1n) is 7.59. The zero-order chi connectivity index (χ0) is 13.3. The number of rotatable bonds is 1. The average Bonchev–Trinajstić information content (AvgIpc) is 2.76. The van der Waals surface area contributed by atoms with Crippen molar-refractivity contribution in [1.82, 2.24) is 9.80 Å². The highest BCUT2D eigenvalue weighted by Gasteiger charge is 2.41. The Labute approximate surface area is 115 Å². The number of amides is 1. The molecule has 3 aliphatic heterocycles. The van der Waals surface area contributed by atoms with E-state index in [0.717, 1.165) is 26.1 Å². The average molecular weight is 267 g/mol. The van der Waals surface area contributed by atoms with Crippen LogP contribution in [0.25, 0.3) is 0 Å². The van der Waals surface area contributed by atoms with Gasteiger partial charge in [0.2, 0.25) is 5.91 Å². The second kappa shape index (κ2) is 5.38. The summed E-state index contributed by atoms with van der Waals surface area (Å²) in [6.45, 7) is 5.31. The summed E-state index contributed by atoms with van der Waals surface area (Å²) < 4.78 is 5.34. The van der Waals surface area contributed by atoms with E-state index in [-0.39, 0.29) is 5.91 Å². The van der Waals surface area contributed by atoms with Crippen molar-refractivity contribution in [3.05, 3.63) is 0 Å². The maximum Gasteiger partial charge on any atom is 0.242 e. The van der Waals surface area contributed by atoms with Gasteiger partial charge in [-0.2, -0.15) is 0 Å². The minimum absolute atomic E-state index is 0.157. The Kier molecular flexibility index (Phi) is 3.78. The predicted octanol–water partition coefficient (Wildman–Crippen LogP) is 0.191. The lowest BCUT2D eigenvalue weighted by atomic mass is 9.89. The predicted molar refractivity (Wildman–Crippen MR) is 72.8 cm³/mol. The van der Waals surface area contributed by atoms with Crippen LogP contribution in [0.5, 0.6) is 0 Å². The molecule has 19 heavy (non-hydrogen) atoms. The summed E-state index contributed by atoms with van der Waals surface area (Å²) in [4.78, 5) is 17.3. The van der Waals surface area contributed by atoms with Gasteiger partial charge < -0.3 is 15.4 Å². The summed E-state index contributed by atoms with van der Waals surface area (Å²) in [5.74, 6) is 0.157. The summed E-state index contributed by atoms with van der Waals surface area (Å²) in [6.07, 6.45) is 4.90. The van der Waals surface area contributed by atoms with Crippen LogP contribution in [0.3, 0.4) is 0 Å². The van der Waals surface area contributed by atoms with Crippen molar-refractivity contribution < 1.29 is 9.53 Å². The van der Waals surface area contributed by atoms with Crippen molar-refractivity contribution in [2.24, 2.45) is 5.73 Å². The molecule has 1 unspecified atom stereocenters. The van der Waals surface area contributed by atoms with E-state index in [1.54, 1.807) is 0 Å². The van der Waals surface area contributed by atoms with E-state index in [4.69, 9.17) is 10.5 Å².